The van der Waals surface area contributed by atoms with Crippen LogP contribution >= 0.6 is 15.9 Å². The predicted molar refractivity (Wildman–Crippen MR) is 58.1 cm³/mol. The second-order valence-corrected chi connectivity index (χ2v) is 3.68. The van der Waals surface area contributed by atoms with Crippen LogP contribution in [0.25, 0.3) is 0 Å². The summed E-state index contributed by atoms with van der Waals surface area (Å²) >= 11 is 2.71. The van der Waals surface area contributed by atoms with Crippen molar-refractivity contribution in [1.29, 1.82) is 0 Å². The van der Waals surface area contributed by atoms with E-state index in [0.717, 1.165) is 0 Å². The summed E-state index contributed by atoms with van der Waals surface area (Å²) in [5, 5.41) is 44.9. The van der Waals surface area contributed by atoms with Gasteiger partial charge in [-0.05, 0) is 0 Å². The normalized spacial score (nSPS) is 18.8. The zero-order valence-corrected chi connectivity index (χ0v) is 10.2. The molecule has 0 spiro atoms. The van der Waals surface area contributed by atoms with Gasteiger partial charge in [-0.1, -0.05) is 15.9 Å². The lowest BCUT2D eigenvalue weighted by atomic mass is 10.0. The van der Waals surface area contributed by atoms with E-state index in [4.69, 9.17) is 11.6 Å². The minimum absolute atomic E-state index is 0.0850. The maximum absolute atomic E-state index is 11.4. The molecule has 0 aromatic heterocycles. The Morgan fingerprint density at radius 3 is 2.24 bits per heavy atom. The molecular weight excluding hydrogens is 302 g/mol. The Morgan fingerprint density at radius 2 is 1.82 bits per heavy atom. The van der Waals surface area contributed by atoms with E-state index >= 15 is 0 Å². The van der Waals surface area contributed by atoms with Crippen LogP contribution in [-0.2, 0) is 9.59 Å². The van der Waals surface area contributed by atoms with Crippen molar-refractivity contribution in [1.82, 2.24) is 5.31 Å². The first-order chi connectivity index (χ1) is 8.27. The zero-order valence-electron chi connectivity index (χ0n) is 9.60. The van der Waals surface area contributed by atoms with Gasteiger partial charge in [0.15, 0.2) is 7.64 Å². The number of halogens is 1. The second-order valence-electron chi connectivity index (χ2n) is 3.12. The molecule has 0 saturated carbocycles. The van der Waals surface area contributed by atoms with Crippen LogP contribution in [0.15, 0.2) is 0 Å². The van der Waals surface area contributed by atoms with Crippen LogP contribution in [0.2, 0.25) is 1.41 Å². The molecular formula is C8H14BrNO7. The molecule has 17 heavy (non-hydrogen) atoms. The summed E-state index contributed by atoms with van der Waals surface area (Å²) in [5.74, 6) is -2.39. The van der Waals surface area contributed by atoms with E-state index in [1.54, 1.807) is 0 Å². The van der Waals surface area contributed by atoms with Crippen molar-refractivity contribution in [3.8, 4) is 0 Å². The molecule has 0 rings (SSSR count). The first-order valence-electron chi connectivity index (χ1n) is 4.96. The van der Waals surface area contributed by atoms with Crippen LogP contribution in [0, 0.1) is 0 Å². The number of alkyl halides is 1. The molecule has 0 heterocycles. The van der Waals surface area contributed by atoms with Crippen LogP contribution in [0.1, 0.15) is 0 Å². The van der Waals surface area contributed by atoms with E-state index in [-0.39, 0.29) is 10.6 Å². The number of hydrogen-bond acceptors (Lipinski definition) is 7. The van der Waals surface area contributed by atoms with Crippen molar-refractivity contribution in [2.75, 3.05) is 11.9 Å². The molecule has 0 bridgehead atoms. The van der Waals surface area contributed by atoms with E-state index in [0.29, 0.717) is 0 Å². The Hall–Kier alpha value is -0.580. The maximum atomic E-state index is 11.4. The fourth-order valence-corrected chi connectivity index (χ4v) is 1.02. The van der Waals surface area contributed by atoms with Gasteiger partial charge in [0.1, 0.15) is 18.3 Å². The van der Waals surface area contributed by atoms with Gasteiger partial charge in [-0.25, -0.2) is 0 Å². The highest BCUT2D eigenvalue weighted by atomic mass is 79.9. The van der Waals surface area contributed by atoms with Crippen LogP contribution in [0.5, 0.6) is 0 Å². The highest BCUT2D eigenvalue weighted by molar-refractivity contribution is 9.09. The third-order valence-electron chi connectivity index (χ3n) is 1.83. The first-order valence-corrected chi connectivity index (χ1v) is 5.63. The maximum Gasteiger partial charge on any atom is 0.232 e. The molecule has 0 saturated heterocycles. The number of rotatable bonds is 7. The third-order valence-corrected chi connectivity index (χ3v) is 2.31. The van der Waals surface area contributed by atoms with Crippen LogP contribution < -0.4 is 5.31 Å². The lowest BCUT2D eigenvalue weighted by Crippen LogP contribution is -2.52. The average molecular weight is 317 g/mol. The molecule has 100 valence electrons. The summed E-state index contributed by atoms with van der Waals surface area (Å²) in [6, 6.07) is 0. The Morgan fingerprint density at radius 1 is 1.29 bits per heavy atom. The molecule has 1 amide bonds. The summed E-state index contributed by atoms with van der Waals surface area (Å²) < 4.78 is 7.08. The van der Waals surface area contributed by atoms with Gasteiger partial charge in [-0.3, -0.25) is 9.59 Å². The molecule has 0 aliphatic rings. The van der Waals surface area contributed by atoms with Gasteiger partial charge < -0.3 is 30.8 Å². The van der Waals surface area contributed by atoms with E-state index in [1.807, 2.05) is 0 Å². The van der Waals surface area contributed by atoms with Crippen molar-refractivity contribution >= 4 is 27.6 Å². The van der Waals surface area contributed by atoms with Gasteiger partial charge in [0, 0.05) is 0 Å². The highest BCUT2D eigenvalue weighted by Gasteiger charge is 2.34. The minimum atomic E-state index is -2.29. The van der Waals surface area contributed by atoms with Gasteiger partial charge in [0.25, 0.3) is 0 Å². The highest BCUT2D eigenvalue weighted by Crippen LogP contribution is 2.03. The summed E-state index contributed by atoms with van der Waals surface area (Å²) in [7, 11) is 0. The monoisotopic (exact) mass is 316 g/mol. The standard InChI is InChI=1S/C8H14BrNO7/c9-1-4(13)10-8(17)7(16)6(15)5(14)3(12)2-11/h3,5-6,8,11-12,14-15,17H,1-2H2,(H,10,13)/t3-,5-,6+,8?/m1/s1/i/hD. The smallest absolute Gasteiger partial charge is 0.232 e. The van der Waals surface area contributed by atoms with Crippen molar-refractivity contribution in [2.24, 2.45) is 0 Å². The summed E-state index contributed by atoms with van der Waals surface area (Å²) in [4.78, 5) is 22.4. The van der Waals surface area contributed by atoms with Crippen LogP contribution in [0.3, 0.4) is 0 Å². The number of nitrogens with one attached hydrogen (secondary N) is 1. The number of amides is 1. The van der Waals surface area contributed by atoms with E-state index < -0.39 is 42.8 Å². The molecule has 9 heteroatoms. The fraction of sp³-hybridized carbons (Fsp3) is 0.750. The molecule has 0 radical (unpaired) electrons. The number of aliphatic hydroxyl groups excluding tert-OH is 5. The number of carbonyl (C=O) groups is 2. The quantitative estimate of drug-likeness (QED) is 0.210. The van der Waals surface area contributed by atoms with E-state index in [1.165, 1.54) is 0 Å². The molecule has 4 atom stereocenters. The topological polar surface area (TPSA) is 147 Å². The Labute approximate surface area is 106 Å². The Bertz CT molecular complexity index is 305. The van der Waals surface area contributed by atoms with E-state index in [9.17, 15) is 24.9 Å². The SMILES string of the molecule is [2H]N(C(=O)CBr)C(O)C(=O)[C@@H](O)[C@H](O)[C@H](O)CO. The van der Waals surface area contributed by atoms with Gasteiger partial charge in [-0.2, -0.15) is 0 Å². The Balaban J connectivity index is 4.68. The van der Waals surface area contributed by atoms with Crippen molar-refractivity contribution in [2.45, 2.75) is 24.5 Å². The van der Waals surface area contributed by atoms with Gasteiger partial charge in [-0.15, -0.1) is 0 Å². The molecule has 0 aliphatic heterocycles. The van der Waals surface area contributed by atoms with Gasteiger partial charge >= 0.3 is 0 Å². The molecule has 8 nitrogen and oxygen atoms in total. The minimum Gasteiger partial charge on any atom is -0.394 e. The zero-order chi connectivity index (χ0) is 14.5. The van der Waals surface area contributed by atoms with Gasteiger partial charge in [0.05, 0.1) is 11.9 Å². The molecule has 0 aliphatic carbocycles. The molecule has 0 aromatic rings. The second kappa shape index (κ2) is 7.69. The van der Waals surface area contributed by atoms with Crippen molar-refractivity contribution in [3.05, 3.63) is 0 Å². The molecule has 0 aromatic carbocycles. The van der Waals surface area contributed by atoms with Crippen molar-refractivity contribution < 1.29 is 36.5 Å². The average Bonchev–Trinajstić information content (AvgIpc) is 2.40. The lowest BCUT2D eigenvalue weighted by Gasteiger charge is -2.22. The molecule has 6 N–H and O–H groups in total. The number of hydrogen-bond donors (Lipinski definition) is 6. The number of aliphatic hydroxyl groups is 5. The molecule has 0 fully saturated rings. The predicted octanol–water partition coefficient (Wildman–Crippen LogP) is -3.54. The number of ketones is 1. The van der Waals surface area contributed by atoms with E-state index in [2.05, 4.69) is 15.9 Å². The first kappa shape index (κ1) is 14.5. The van der Waals surface area contributed by atoms with Gasteiger partial charge in [0.2, 0.25) is 11.7 Å². The lowest BCUT2D eigenvalue weighted by molar-refractivity contribution is -0.151. The van der Waals surface area contributed by atoms with Crippen LogP contribution in [-0.4, -0.2) is 73.7 Å². The summed E-state index contributed by atoms with van der Waals surface area (Å²) in [5.41, 5.74) is 0. The fourth-order valence-electron chi connectivity index (χ4n) is 0.874. The number of carbonyl (C=O) groups excluding carboxylic acids is 2. The summed E-state index contributed by atoms with van der Waals surface area (Å²) in [6.45, 7) is -0.910. The summed E-state index contributed by atoms with van der Waals surface area (Å²) in [6.07, 6.45) is -8.35. The third kappa shape index (κ3) is 5.06. The largest absolute Gasteiger partial charge is 0.394 e. The number of Topliss-reactive ketones (excluding diaryl/α,β-unsaturated/α-hetero) is 1. The molecule has 1 unspecified atom stereocenters. The Kier molecular flexibility index (Phi) is 6.55. The van der Waals surface area contributed by atoms with Crippen LogP contribution in [0.4, 0.5) is 0 Å². The van der Waals surface area contributed by atoms with Crippen molar-refractivity contribution in [3.63, 3.8) is 0 Å².